The maximum atomic E-state index is 11.7. The standard InChI is InChI=1S/C13H14N2O4/c1-3-14(2)13(17)9-8-12(16)10-4-6-11(7-5-10)15(18)19/h4-9H,3H2,1-2H3/b9-8+. The molecule has 0 unspecified atom stereocenters. The summed E-state index contributed by atoms with van der Waals surface area (Å²) in [6, 6.07) is 5.22. The van der Waals surface area contributed by atoms with Crippen LogP contribution in [0, 0.1) is 10.1 Å². The minimum atomic E-state index is -0.538. The fraction of sp³-hybridized carbons (Fsp3) is 0.231. The first kappa shape index (κ1) is 14.6. The molecule has 0 bridgehead atoms. The highest BCUT2D eigenvalue weighted by Crippen LogP contribution is 2.12. The van der Waals surface area contributed by atoms with Crippen molar-refractivity contribution in [1.29, 1.82) is 0 Å². The number of carbonyl (C=O) groups is 2. The Hall–Kier alpha value is -2.50. The number of amides is 1. The molecule has 0 spiro atoms. The van der Waals surface area contributed by atoms with E-state index in [1.807, 2.05) is 6.92 Å². The minimum Gasteiger partial charge on any atom is -0.343 e. The molecule has 0 saturated heterocycles. The summed E-state index contributed by atoms with van der Waals surface area (Å²) in [5, 5.41) is 10.5. The Morgan fingerprint density at radius 2 is 1.84 bits per heavy atom. The summed E-state index contributed by atoms with van der Waals surface area (Å²) in [5.41, 5.74) is 0.219. The molecule has 0 heterocycles. The van der Waals surface area contributed by atoms with E-state index < -0.39 is 4.92 Å². The van der Waals surface area contributed by atoms with Gasteiger partial charge >= 0.3 is 0 Å². The summed E-state index contributed by atoms with van der Waals surface area (Å²) in [7, 11) is 1.63. The van der Waals surface area contributed by atoms with Gasteiger partial charge in [0.25, 0.3) is 5.69 Å². The summed E-state index contributed by atoms with van der Waals surface area (Å²) >= 11 is 0. The molecule has 0 saturated carbocycles. The van der Waals surface area contributed by atoms with Gasteiger partial charge in [-0.2, -0.15) is 0 Å². The molecule has 1 aromatic carbocycles. The van der Waals surface area contributed by atoms with Gasteiger partial charge < -0.3 is 4.90 Å². The average Bonchev–Trinajstić information content (AvgIpc) is 2.43. The number of benzene rings is 1. The van der Waals surface area contributed by atoms with Crippen molar-refractivity contribution in [3.05, 3.63) is 52.1 Å². The molecule has 0 radical (unpaired) electrons. The van der Waals surface area contributed by atoms with Gasteiger partial charge in [0.1, 0.15) is 0 Å². The summed E-state index contributed by atoms with van der Waals surface area (Å²) in [6.45, 7) is 2.37. The molecule has 0 N–H and O–H groups in total. The molecule has 6 heteroatoms. The van der Waals surface area contributed by atoms with Crippen molar-refractivity contribution in [3.63, 3.8) is 0 Å². The van der Waals surface area contributed by atoms with Crippen LogP contribution in [0.4, 0.5) is 5.69 Å². The summed E-state index contributed by atoms with van der Waals surface area (Å²) in [6.07, 6.45) is 2.35. The highest BCUT2D eigenvalue weighted by atomic mass is 16.6. The topological polar surface area (TPSA) is 80.5 Å². The summed E-state index contributed by atoms with van der Waals surface area (Å²) in [4.78, 5) is 34.5. The van der Waals surface area contributed by atoms with Gasteiger partial charge in [0, 0.05) is 37.4 Å². The summed E-state index contributed by atoms with van der Waals surface area (Å²) in [5.74, 6) is -0.634. The van der Waals surface area contributed by atoms with Crippen LogP contribution in [-0.2, 0) is 4.79 Å². The van der Waals surface area contributed by atoms with Gasteiger partial charge in [0.15, 0.2) is 5.78 Å². The Labute approximate surface area is 110 Å². The number of allylic oxidation sites excluding steroid dienone is 1. The molecule has 19 heavy (non-hydrogen) atoms. The fourth-order valence-corrected chi connectivity index (χ4v) is 1.27. The number of non-ortho nitro benzene ring substituents is 1. The van der Waals surface area contributed by atoms with E-state index >= 15 is 0 Å². The molecular formula is C13H14N2O4. The normalized spacial score (nSPS) is 10.4. The number of ketones is 1. The van der Waals surface area contributed by atoms with E-state index in [-0.39, 0.29) is 17.4 Å². The van der Waals surface area contributed by atoms with Crippen LogP contribution < -0.4 is 0 Å². The van der Waals surface area contributed by atoms with Crippen molar-refractivity contribution in [3.8, 4) is 0 Å². The average molecular weight is 262 g/mol. The fourth-order valence-electron chi connectivity index (χ4n) is 1.27. The lowest BCUT2D eigenvalue weighted by Crippen LogP contribution is -2.24. The second-order valence-electron chi connectivity index (χ2n) is 3.85. The predicted octanol–water partition coefficient (Wildman–Crippen LogP) is 1.81. The van der Waals surface area contributed by atoms with Crippen LogP contribution in [0.2, 0.25) is 0 Å². The largest absolute Gasteiger partial charge is 0.343 e. The lowest BCUT2D eigenvalue weighted by Gasteiger charge is -2.10. The van der Waals surface area contributed by atoms with Crippen LogP contribution in [0.5, 0.6) is 0 Å². The van der Waals surface area contributed by atoms with E-state index in [4.69, 9.17) is 0 Å². The molecule has 0 aliphatic carbocycles. The highest BCUT2D eigenvalue weighted by Gasteiger charge is 2.08. The maximum absolute atomic E-state index is 11.7. The van der Waals surface area contributed by atoms with Crippen LogP contribution in [-0.4, -0.2) is 35.1 Å². The first-order valence-electron chi connectivity index (χ1n) is 5.67. The smallest absolute Gasteiger partial charge is 0.269 e. The van der Waals surface area contributed by atoms with Crippen molar-refractivity contribution < 1.29 is 14.5 Å². The number of nitro groups is 1. The number of hydrogen-bond donors (Lipinski definition) is 0. The zero-order valence-electron chi connectivity index (χ0n) is 10.7. The zero-order chi connectivity index (χ0) is 14.4. The molecule has 1 rings (SSSR count). The molecule has 1 aromatic rings. The Balaban J connectivity index is 2.76. The molecular weight excluding hydrogens is 248 g/mol. The zero-order valence-corrected chi connectivity index (χ0v) is 10.7. The van der Waals surface area contributed by atoms with E-state index in [0.717, 1.165) is 6.08 Å². The van der Waals surface area contributed by atoms with Crippen molar-refractivity contribution in [1.82, 2.24) is 4.90 Å². The van der Waals surface area contributed by atoms with Crippen LogP contribution >= 0.6 is 0 Å². The first-order valence-corrected chi connectivity index (χ1v) is 5.67. The van der Waals surface area contributed by atoms with E-state index in [1.54, 1.807) is 7.05 Å². The van der Waals surface area contributed by atoms with Crippen LogP contribution in [0.1, 0.15) is 17.3 Å². The number of likely N-dealkylation sites (N-methyl/N-ethyl adjacent to an activating group) is 1. The Bertz CT molecular complexity index is 520. The van der Waals surface area contributed by atoms with Gasteiger partial charge in [-0.1, -0.05) is 0 Å². The monoisotopic (exact) mass is 262 g/mol. The van der Waals surface area contributed by atoms with Gasteiger partial charge in [0.05, 0.1) is 4.92 Å². The van der Waals surface area contributed by atoms with Crippen molar-refractivity contribution in [2.24, 2.45) is 0 Å². The van der Waals surface area contributed by atoms with Crippen LogP contribution in [0.25, 0.3) is 0 Å². The SMILES string of the molecule is CCN(C)C(=O)/C=C/C(=O)c1ccc([N+](=O)[O-])cc1. The summed E-state index contributed by atoms with van der Waals surface area (Å²) < 4.78 is 0. The third kappa shape index (κ3) is 4.02. The number of carbonyl (C=O) groups excluding carboxylic acids is 2. The van der Waals surface area contributed by atoms with Gasteiger partial charge in [-0.05, 0) is 25.1 Å². The van der Waals surface area contributed by atoms with E-state index in [0.29, 0.717) is 12.1 Å². The Morgan fingerprint density at radius 3 is 2.32 bits per heavy atom. The molecule has 1 amide bonds. The van der Waals surface area contributed by atoms with E-state index in [9.17, 15) is 19.7 Å². The number of nitro benzene ring substituents is 1. The molecule has 0 atom stereocenters. The first-order chi connectivity index (χ1) is 8.95. The quantitative estimate of drug-likeness (QED) is 0.351. The van der Waals surface area contributed by atoms with Gasteiger partial charge in [-0.3, -0.25) is 19.7 Å². The Kier molecular flexibility index (Phi) is 4.93. The highest BCUT2D eigenvalue weighted by molar-refractivity contribution is 6.07. The molecule has 0 aliphatic rings. The predicted molar refractivity (Wildman–Crippen MR) is 69.9 cm³/mol. The van der Waals surface area contributed by atoms with E-state index in [2.05, 4.69) is 0 Å². The van der Waals surface area contributed by atoms with Gasteiger partial charge in [-0.25, -0.2) is 0 Å². The molecule has 0 fully saturated rings. The van der Waals surface area contributed by atoms with Crippen molar-refractivity contribution in [2.75, 3.05) is 13.6 Å². The van der Waals surface area contributed by atoms with Gasteiger partial charge in [0.2, 0.25) is 5.91 Å². The Morgan fingerprint density at radius 1 is 1.26 bits per heavy atom. The number of hydrogen-bond acceptors (Lipinski definition) is 4. The lowest BCUT2D eigenvalue weighted by atomic mass is 10.1. The lowest BCUT2D eigenvalue weighted by molar-refractivity contribution is -0.384. The van der Waals surface area contributed by atoms with Crippen LogP contribution in [0.15, 0.2) is 36.4 Å². The molecule has 6 nitrogen and oxygen atoms in total. The second kappa shape index (κ2) is 6.44. The van der Waals surface area contributed by atoms with Crippen molar-refractivity contribution in [2.45, 2.75) is 6.92 Å². The molecule has 0 aliphatic heterocycles. The maximum Gasteiger partial charge on any atom is 0.269 e. The van der Waals surface area contributed by atoms with Crippen LogP contribution in [0.3, 0.4) is 0 Å². The second-order valence-corrected chi connectivity index (χ2v) is 3.85. The molecule has 100 valence electrons. The third-order valence-corrected chi connectivity index (χ3v) is 2.59. The van der Waals surface area contributed by atoms with Crippen molar-refractivity contribution >= 4 is 17.4 Å². The molecule has 0 aromatic heterocycles. The van der Waals surface area contributed by atoms with Gasteiger partial charge in [-0.15, -0.1) is 0 Å². The number of nitrogens with zero attached hydrogens (tertiary/aromatic N) is 2. The van der Waals surface area contributed by atoms with E-state index in [1.165, 1.54) is 35.2 Å². The third-order valence-electron chi connectivity index (χ3n) is 2.59. The minimum absolute atomic E-state index is 0.0812. The number of rotatable bonds is 5.